The maximum atomic E-state index is 5.91. The molecule has 1 saturated heterocycles. The maximum absolute atomic E-state index is 5.91. The van der Waals surface area contributed by atoms with Gasteiger partial charge in [0.05, 0.1) is 13.2 Å². The van der Waals surface area contributed by atoms with Gasteiger partial charge in [-0.15, -0.1) is 0 Å². The topological polar surface area (TPSA) is 58.1 Å². The van der Waals surface area contributed by atoms with Crippen LogP contribution in [0.3, 0.4) is 0 Å². The van der Waals surface area contributed by atoms with Crippen molar-refractivity contribution in [1.82, 2.24) is 15.5 Å². The number of rotatable bonds is 8. The Bertz CT molecular complexity index is 554. The molecule has 3 rings (SSSR count). The van der Waals surface area contributed by atoms with Crippen LogP contribution in [0.5, 0.6) is 5.75 Å². The highest BCUT2D eigenvalue weighted by Crippen LogP contribution is 2.27. The summed E-state index contributed by atoms with van der Waals surface area (Å²) in [4.78, 5) is 6.65. The van der Waals surface area contributed by atoms with Gasteiger partial charge in [-0.2, -0.15) is 0 Å². The Kier molecular flexibility index (Phi) is 6.94. The van der Waals surface area contributed by atoms with Gasteiger partial charge < -0.3 is 20.1 Å². The summed E-state index contributed by atoms with van der Waals surface area (Å²) >= 11 is 0. The van der Waals surface area contributed by atoms with E-state index in [0.29, 0.717) is 6.61 Å². The summed E-state index contributed by atoms with van der Waals surface area (Å²) in [6, 6.07) is 8.26. The molecule has 2 aliphatic rings. The lowest BCUT2D eigenvalue weighted by atomic mass is 10.2. The molecule has 0 bridgehead atoms. The second kappa shape index (κ2) is 9.63. The minimum atomic E-state index is 0.710. The molecule has 1 saturated carbocycles. The minimum absolute atomic E-state index is 0.710. The Labute approximate surface area is 150 Å². The fraction of sp³-hybridized carbons (Fsp3) is 0.632. The molecule has 1 aliphatic heterocycles. The number of nitrogens with one attached hydrogen (secondary N) is 2. The summed E-state index contributed by atoms with van der Waals surface area (Å²) in [6.45, 7) is 7.08. The molecule has 0 atom stereocenters. The van der Waals surface area contributed by atoms with Crippen molar-refractivity contribution in [1.29, 1.82) is 0 Å². The molecule has 0 unspecified atom stereocenters. The van der Waals surface area contributed by atoms with E-state index in [-0.39, 0.29) is 0 Å². The van der Waals surface area contributed by atoms with Crippen molar-refractivity contribution in [3.63, 3.8) is 0 Å². The Balaban J connectivity index is 1.39. The molecule has 1 aromatic rings. The van der Waals surface area contributed by atoms with Gasteiger partial charge in [0.2, 0.25) is 0 Å². The predicted octanol–water partition coefficient (Wildman–Crippen LogP) is 1.47. The highest BCUT2D eigenvalue weighted by atomic mass is 16.5. The highest BCUT2D eigenvalue weighted by Gasteiger charge is 2.21. The van der Waals surface area contributed by atoms with Gasteiger partial charge >= 0.3 is 0 Å². The molecule has 138 valence electrons. The summed E-state index contributed by atoms with van der Waals surface area (Å²) in [5.41, 5.74) is 1.19. The average Bonchev–Trinajstić information content (AvgIpc) is 3.48. The van der Waals surface area contributed by atoms with Crippen LogP contribution in [0.25, 0.3) is 0 Å². The average molecular weight is 346 g/mol. The van der Waals surface area contributed by atoms with Crippen LogP contribution in [0.15, 0.2) is 29.3 Å². The van der Waals surface area contributed by atoms with Crippen LogP contribution < -0.4 is 15.4 Å². The lowest BCUT2D eigenvalue weighted by Crippen LogP contribution is -2.38. The number of hydrogen-bond donors (Lipinski definition) is 2. The van der Waals surface area contributed by atoms with E-state index in [2.05, 4.69) is 32.7 Å². The lowest BCUT2D eigenvalue weighted by molar-refractivity contribution is 0.0322. The van der Waals surface area contributed by atoms with E-state index in [0.717, 1.165) is 63.6 Å². The lowest BCUT2D eigenvalue weighted by Gasteiger charge is -2.26. The van der Waals surface area contributed by atoms with E-state index < -0.39 is 0 Å². The van der Waals surface area contributed by atoms with Gasteiger partial charge in [-0.25, -0.2) is 0 Å². The van der Waals surface area contributed by atoms with Crippen molar-refractivity contribution in [2.45, 2.75) is 19.4 Å². The number of benzene rings is 1. The molecular formula is C19H30N4O2. The molecule has 6 heteroatoms. The van der Waals surface area contributed by atoms with Crippen LogP contribution in [0.4, 0.5) is 0 Å². The third kappa shape index (κ3) is 6.55. The van der Waals surface area contributed by atoms with E-state index in [1.165, 1.54) is 18.4 Å². The zero-order valence-corrected chi connectivity index (χ0v) is 15.2. The van der Waals surface area contributed by atoms with E-state index in [9.17, 15) is 0 Å². The molecule has 6 nitrogen and oxygen atoms in total. The predicted molar refractivity (Wildman–Crippen MR) is 100 cm³/mol. The molecule has 0 amide bonds. The van der Waals surface area contributed by atoms with Crippen LogP contribution >= 0.6 is 0 Å². The summed E-state index contributed by atoms with van der Waals surface area (Å²) in [7, 11) is 1.81. The van der Waals surface area contributed by atoms with Crippen molar-refractivity contribution in [3.8, 4) is 5.75 Å². The third-order valence-electron chi connectivity index (χ3n) is 4.62. The minimum Gasteiger partial charge on any atom is -0.492 e. The van der Waals surface area contributed by atoms with Crippen molar-refractivity contribution in [2.75, 3.05) is 53.0 Å². The van der Waals surface area contributed by atoms with Gasteiger partial charge in [-0.05, 0) is 36.5 Å². The van der Waals surface area contributed by atoms with E-state index in [1.54, 1.807) is 0 Å². The number of aliphatic imine (C=N–C) groups is 1. The summed E-state index contributed by atoms with van der Waals surface area (Å²) in [6.07, 6.45) is 2.68. The normalized spacial score (nSPS) is 18.8. The molecule has 1 aromatic carbocycles. The van der Waals surface area contributed by atoms with Gasteiger partial charge in [-0.1, -0.05) is 12.1 Å². The number of hydrogen-bond acceptors (Lipinski definition) is 4. The number of ether oxygens (including phenoxy) is 2. The first-order valence-corrected chi connectivity index (χ1v) is 9.30. The zero-order chi connectivity index (χ0) is 17.3. The summed E-state index contributed by atoms with van der Waals surface area (Å²) < 4.78 is 11.3. The zero-order valence-electron chi connectivity index (χ0n) is 15.2. The van der Waals surface area contributed by atoms with Gasteiger partial charge in [-0.3, -0.25) is 9.89 Å². The Morgan fingerprint density at radius 2 is 2.12 bits per heavy atom. The SMILES string of the molecule is CN=C(NCc1cccc(OCCN2CCOCC2)c1)NCC1CC1. The second-order valence-electron chi connectivity index (χ2n) is 6.70. The van der Waals surface area contributed by atoms with Crippen LogP contribution in [-0.4, -0.2) is 63.9 Å². The molecular weight excluding hydrogens is 316 g/mol. The largest absolute Gasteiger partial charge is 0.492 e. The monoisotopic (exact) mass is 346 g/mol. The molecule has 0 spiro atoms. The number of morpholine rings is 1. The van der Waals surface area contributed by atoms with Crippen LogP contribution in [0.1, 0.15) is 18.4 Å². The van der Waals surface area contributed by atoms with Gasteiger partial charge in [0.15, 0.2) is 5.96 Å². The molecule has 2 fully saturated rings. The quantitative estimate of drug-likeness (QED) is 0.551. The molecule has 1 heterocycles. The van der Waals surface area contributed by atoms with Gasteiger partial charge in [0.25, 0.3) is 0 Å². The Morgan fingerprint density at radius 3 is 2.88 bits per heavy atom. The van der Waals surface area contributed by atoms with E-state index in [4.69, 9.17) is 9.47 Å². The summed E-state index contributed by atoms with van der Waals surface area (Å²) in [5.74, 6) is 2.63. The summed E-state index contributed by atoms with van der Waals surface area (Å²) in [5, 5.41) is 6.74. The van der Waals surface area contributed by atoms with E-state index >= 15 is 0 Å². The maximum Gasteiger partial charge on any atom is 0.191 e. The van der Waals surface area contributed by atoms with Gasteiger partial charge in [0, 0.05) is 39.8 Å². The van der Waals surface area contributed by atoms with Crippen LogP contribution in [-0.2, 0) is 11.3 Å². The Hall–Kier alpha value is -1.79. The fourth-order valence-electron chi connectivity index (χ4n) is 2.83. The first-order valence-electron chi connectivity index (χ1n) is 9.30. The van der Waals surface area contributed by atoms with Crippen LogP contribution in [0.2, 0.25) is 0 Å². The smallest absolute Gasteiger partial charge is 0.191 e. The molecule has 2 N–H and O–H groups in total. The molecule has 1 aliphatic carbocycles. The molecule has 0 radical (unpaired) electrons. The fourth-order valence-corrected chi connectivity index (χ4v) is 2.83. The number of nitrogens with zero attached hydrogens (tertiary/aromatic N) is 2. The first-order chi connectivity index (χ1) is 12.3. The van der Waals surface area contributed by atoms with Crippen molar-refractivity contribution >= 4 is 5.96 Å². The Morgan fingerprint density at radius 1 is 1.28 bits per heavy atom. The van der Waals surface area contributed by atoms with Crippen molar-refractivity contribution in [2.24, 2.45) is 10.9 Å². The molecule has 25 heavy (non-hydrogen) atoms. The van der Waals surface area contributed by atoms with Crippen molar-refractivity contribution < 1.29 is 9.47 Å². The van der Waals surface area contributed by atoms with Crippen molar-refractivity contribution in [3.05, 3.63) is 29.8 Å². The second-order valence-corrected chi connectivity index (χ2v) is 6.70. The molecule has 0 aromatic heterocycles. The number of guanidine groups is 1. The van der Waals surface area contributed by atoms with E-state index in [1.807, 2.05) is 19.2 Å². The first kappa shape index (κ1) is 18.0. The van der Waals surface area contributed by atoms with Crippen LogP contribution in [0, 0.1) is 5.92 Å². The van der Waals surface area contributed by atoms with Gasteiger partial charge in [0.1, 0.15) is 12.4 Å². The third-order valence-corrected chi connectivity index (χ3v) is 4.62. The highest BCUT2D eigenvalue weighted by molar-refractivity contribution is 5.79. The standard InChI is InChI=1S/C19H30N4O2/c1-20-19(21-14-16-5-6-16)22-15-17-3-2-4-18(13-17)25-12-9-23-7-10-24-11-8-23/h2-4,13,16H,5-12,14-15H2,1H3,(H2,20,21,22).